The highest BCUT2D eigenvalue weighted by Gasteiger charge is 2.30. The topological polar surface area (TPSA) is 47.6 Å². The first kappa shape index (κ1) is 17.9. The quantitative estimate of drug-likeness (QED) is 0.605. The Morgan fingerprint density at radius 3 is 2.16 bits per heavy atom. The zero-order chi connectivity index (χ0) is 15.3. The first-order valence-electron chi connectivity index (χ1n) is 5.49. The van der Waals surface area contributed by atoms with Crippen molar-refractivity contribution >= 4 is 13.1 Å². The van der Waals surface area contributed by atoms with E-state index in [-0.39, 0.29) is 0 Å². The fourth-order valence-corrected chi connectivity index (χ4v) is 1.15. The van der Waals surface area contributed by atoms with Crippen molar-refractivity contribution in [3.63, 3.8) is 0 Å². The highest BCUT2D eigenvalue weighted by atomic mass is 19.4. The number of rotatable bonds is 6. The number of carbonyl (C=O) groups is 1. The van der Waals surface area contributed by atoms with Gasteiger partial charge in [-0.05, 0) is 20.8 Å². The van der Waals surface area contributed by atoms with Gasteiger partial charge in [0.25, 0.3) is 0 Å². The van der Waals surface area contributed by atoms with Crippen molar-refractivity contribution in [2.45, 2.75) is 45.3 Å². The minimum atomic E-state index is -5.25. The summed E-state index contributed by atoms with van der Waals surface area (Å²) in [4.78, 5) is 11.3. The van der Waals surface area contributed by atoms with Crippen LogP contribution in [-0.2, 0) is 9.47 Å². The monoisotopic (exact) mass is 292 g/mol. The second-order valence-electron chi connectivity index (χ2n) is 4.88. The number of hydrogen-bond acceptors (Lipinski definition) is 3. The van der Waals surface area contributed by atoms with Crippen molar-refractivity contribution in [1.29, 1.82) is 0 Å². The molecule has 1 atom stereocenters. The third-order valence-corrected chi connectivity index (χ3v) is 1.70. The lowest BCUT2D eigenvalue weighted by Crippen LogP contribution is -2.44. The lowest BCUT2D eigenvalue weighted by atomic mass is 9.82. The summed E-state index contributed by atoms with van der Waals surface area (Å²) in [7, 11) is 0. The third kappa shape index (κ3) is 11.8. The van der Waals surface area contributed by atoms with Gasteiger partial charge >= 0.3 is 19.7 Å². The molecule has 0 aliphatic carbocycles. The minimum absolute atomic E-state index is 0.901. The molecule has 4 nitrogen and oxygen atoms in total. The van der Waals surface area contributed by atoms with Crippen LogP contribution in [0, 0.1) is 0 Å². The van der Waals surface area contributed by atoms with Gasteiger partial charge in [-0.1, -0.05) is 6.32 Å². The summed E-state index contributed by atoms with van der Waals surface area (Å²) >= 11 is 0. The normalized spacial score (nSPS) is 14.4. The van der Waals surface area contributed by atoms with Gasteiger partial charge < -0.3 is 27.7 Å². The zero-order valence-electron chi connectivity index (χ0n) is 10.8. The largest absolute Gasteiger partial charge is 0.480 e. The van der Waals surface area contributed by atoms with Gasteiger partial charge in [-0.2, -0.15) is 8.78 Å². The van der Waals surface area contributed by atoms with E-state index in [9.17, 15) is 26.5 Å². The first-order valence-corrected chi connectivity index (χ1v) is 5.49. The van der Waals surface area contributed by atoms with Crippen molar-refractivity contribution < 1.29 is 36.0 Å². The second kappa shape index (κ2) is 6.92. The molecule has 1 N–H and O–H groups in total. The molecule has 0 radical (unpaired) electrons. The molecule has 0 bridgehead atoms. The van der Waals surface area contributed by atoms with Crippen LogP contribution in [0.15, 0.2) is 0 Å². The van der Waals surface area contributed by atoms with Crippen LogP contribution in [0.25, 0.3) is 0 Å². The van der Waals surface area contributed by atoms with Gasteiger partial charge in [0.05, 0.1) is 6.61 Å². The Morgan fingerprint density at radius 2 is 1.79 bits per heavy atom. The first-order chi connectivity index (χ1) is 8.39. The molecule has 0 fully saturated rings. The maximum Gasteiger partial charge on any atom is 0.480 e. The molecule has 0 aliphatic heterocycles. The average molecular weight is 292 g/mol. The van der Waals surface area contributed by atoms with Crippen LogP contribution in [0.2, 0.25) is 6.32 Å². The molecule has 0 spiro atoms. The molecule has 0 unspecified atom stereocenters. The standard InChI is InChI=1S/C9H16BF5NO3/c1-9(2,3)19-8(17)16-6(4-10(13,14)15)5-18-7(11)12/h6-7H,4-5H2,1-3H3,(H,16,17)/q-1/t6-/m1/s1. The van der Waals surface area contributed by atoms with Gasteiger partial charge in [0.15, 0.2) is 0 Å². The Morgan fingerprint density at radius 1 is 1.26 bits per heavy atom. The molecule has 0 saturated carbocycles. The van der Waals surface area contributed by atoms with E-state index in [4.69, 9.17) is 4.74 Å². The number of ether oxygens (including phenoxy) is 2. The summed E-state index contributed by atoms with van der Waals surface area (Å²) < 4.78 is 68.8. The molecule has 19 heavy (non-hydrogen) atoms. The molecule has 0 aromatic rings. The maximum atomic E-state index is 12.2. The summed E-state index contributed by atoms with van der Waals surface area (Å²) in [5, 5.41) is 1.86. The van der Waals surface area contributed by atoms with Crippen molar-refractivity contribution in [2.24, 2.45) is 0 Å². The summed E-state index contributed by atoms with van der Waals surface area (Å²) in [6, 6.07) is -1.61. The molecule has 0 saturated heterocycles. The SMILES string of the molecule is CC(C)(C)OC(=O)N[C@@H](COC(F)F)C[B-](F)(F)F. The van der Waals surface area contributed by atoms with E-state index in [0.29, 0.717) is 0 Å². The number of nitrogens with one attached hydrogen (secondary N) is 1. The Labute approximate surface area is 107 Å². The maximum absolute atomic E-state index is 12.2. The lowest BCUT2D eigenvalue weighted by molar-refractivity contribution is -0.133. The second-order valence-corrected chi connectivity index (χ2v) is 4.88. The fraction of sp³-hybridized carbons (Fsp3) is 0.889. The van der Waals surface area contributed by atoms with Crippen molar-refractivity contribution in [2.75, 3.05) is 6.61 Å². The van der Waals surface area contributed by atoms with Crippen molar-refractivity contribution in [3.05, 3.63) is 0 Å². The van der Waals surface area contributed by atoms with Gasteiger partial charge in [0.2, 0.25) is 0 Å². The lowest BCUT2D eigenvalue weighted by Gasteiger charge is -2.26. The molecule has 114 valence electrons. The number of halogens is 5. The van der Waals surface area contributed by atoms with Crippen molar-refractivity contribution in [1.82, 2.24) is 5.32 Å². The van der Waals surface area contributed by atoms with Gasteiger partial charge in [0, 0.05) is 6.04 Å². The molecular formula is C9H16BF5NO3-. The van der Waals surface area contributed by atoms with Crippen LogP contribution >= 0.6 is 0 Å². The molecule has 10 heteroatoms. The Bertz CT molecular complexity index is 293. The van der Waals surface area contributed by atoms with E-state index < -0.39 is 44.3 Å². The smallest absolute Gasteiger partial charge is 0.449 e. The predicted molar refractivity (Wildman–Crippen MR) is 59.0 cm³/mol. The van der Waals surface area contributed by atoms with E-state index in [1.54, 1.807) is 0 Å². The van der Waals surface area contributed by atoms with E-state index in [2.05, 4.69) is 4.74 Å². The summed E-state index contributed by atoms with van der Waals surface area (Å²) in [5.74, 6) is 0. The number of alkyl halides is 2. The van der Waals surface area contributed by atoms with Crippen LogP contribution in [0.3, 0.4) is 0 Å². The van der Waals surface area contributed by atoms with Gasteiger partial charge in [0.1, 0.15) is 5.60 Å². The molecular weight excluding hydrogens is 276 g/mol. The molecule has 0 aliphatic rings. The van der Waals surface area contributed by atoms with Crippen LogP contribution < -0.4 is 5.32 Å². The number of alkyl carbamates (subject to hydrolysis) is 1. The number of carbonyl (C=O) groups excluding carboxylic acids is 1. The Hall–Kier alpha value is -1.06. The molecule has 1 amide bonds. The zero-order valence-corrected chi connectivity index (χ0v) is 10.8. The molecule has 0 heterocycles. The third-order valence-electron chi connectivity index (χ3n) is 1.70. The van der Waals surface area contributed by atoms with Crippen molar-refractivity contribution in [3.8, 4) is 0 Å². The highest BCUT2D eigenvalue weighted by Crippen LogP contribution is 2.18. The predicted octanol–water partition coefficient (Wildman–Crippen LogP) is 2.97. The molecule has 0 rings (SSSR count). The minimum Gasteiger partial charge on any atom is -0.449 e. The van der Waals surface area contributed by atoms with E-state index in [1.807, 2.05) is 5.32 Å². The summed E-state index contributed by atoms with van der Waals surface area (Å²) in [5.41, 5.74) is -0.901. The van der Waals surface area contributed by atoms with Crippen LogP contribution in [-0.4, -0.2) is 37.9 Å². The van der Waals surface area contributed by atoms with E-state index >= 15 is 0 Å². The summed E-state index contributed by atoms with van der Waals surface area (Å²) in [6.45, 7) is -4.84. The van der Waals surface area contributed by atoms with Crippen LogP contribution in [0.5, 0.6) is 0 Å². The van der Waals surface area contributed by atoms with Crippen LogP contribution in [0.4, 0.5) is 26.5 Å². The number of hydrogen-bond donors (Lipinski definition) is 1. The van der Waals surface area contributed by atoms with Gasteiger partial charge in [-0.25, -0.2) is 4.79 Å². The Kier molecular flexibility index (Phi) is 6.54. The highest BCUT2D eigenvalue weighted by molar-refractivity contribution is 6.58. The Balaban J connectivity index is 4.44. The van der Waals surface area contributed by atoms with Gasteiger partial charge in [-0.15, -0.1) is 0 Å². The molecule has 0 aromatic carbocycles. The number of amides is 1. The van der Waals surface area contributed by atoms with E-state index in [0.717, 1.165) is 0 Å². The van der Waals surface area contributed by atoms with Crippen LogP contribution in [0.1, 0.15) is 20.8 Å². The fourth-order valence-electron chi connectivity index (χ4n) is 1.15. The summed E-state index contributed by atoms with van der Waals surface area (Å²) in [6.07, 6.45) is -2.54. The van der Waals surface area contributed by atoms with E-state index in [1.165, 1.54) is 20.8 Å². The molecule has 0 aromatic heterocycles. The van der Waals surface area contributed by atoms with Gasteiger partial charge in [-0.3, -0.25) is 0 Å². The average Bonchev–Trinajstić information content (AvgIpc) is 2.08.